The molecule has 0 aliphatic carbocycles. The number of aromatic nitrogens is 2. The van der Waals surface area contributed by atoms with Crippen molar-refractivity contribution in [2.45, 2.75) is 4.90 Å². The van der Waals surface area contributed by atoms with Gasteiger partial charge in [-0.3, -0.25) is 4.79 Å². The van der Waals surface area contributed by atoms with Crippen molar-refractivity contribution in [3.63, 3.8) is 0 Å². The smallest absolute Gasteiger partial charge is 0.256 e. The highest BCUT2D eigenvalue weighted by molar-refractivity contribution is 7.89. The van der Waals surface area contributed by atoms with E-state index in [-0.39, 0.29) is 42.5 Å². The molecule has 0 unspecified atom stereocenters. The van der Waals surface area contributed by atoms with Crippen LogP contribution in [0.4, 0.5) is 4.39 Å². The van der Waals surface area contributed by atoms with Crippen LogP contribution in [0, 0.1) is 10.6 Å². The van der Waals surface area contributed by atoms with Crippen LogP contribution in [-0.2, 0) is 10.0 Å². The number of carbonyl (C=O) groups is 1. The Morgan fingerprint density at radius 1 is 1.04 bits per heavy atom. The number of hydrogen-bond donors (Lipinski definition) is 2. The molecule has 1 aromatic heterocycles. The third kappa shape index (κ3) is 3.34. The molecule has 10 heteroatoms. The zero-order chi connectivity index (χ0) is 19.9. The highest BCUT2D eigenvalue weighted by Gasteiger charge is 2.31. The zero-order valence-electron chi connectivity index (χ0n) is 14.7. The molecule has 1 saturated heterocycles. The van der Waals surface area contributed by atoms with E-state index in [0.717, 1.165) is 6.07 Å². The maximum Gasteiger partial charge on any atom is 0.256 e. The Hall–Kier alpha value is -2.56. The minimum absolute atomic E-state index is 0.168. The van der Waals surface area contributed by atoms with Crippen LogP contribution in [-0.4, -0.2) is 59.7 Å². The average Bonchev–Trinajstić information content (AvgIpc) is 3.07. The fourth-order valence-electron chi connectivity index (χ4n) is 3.32. The van der Waals surface area contributed by atoms with Gasteiger partial charge in [0.1, 0.15) is 5.82 Å². The number of aromatic amines is 2. The summed E-state index contributed by atoms with van der Waals surface area (Å²) in [6.45, 7) is 0.775. The summed E-state index contributed by atoms with van der Waals surface area (Å²) in [7, 11) is -3.60. The van der Waals surface area contributed by atoms with E-state index in [9.17, 15) is 17.6 Å². The van der Waals surface area contributed by atoms with Crippen molar-refractivity contribution >= 4 is 39.2 Å². The molecule has 0 saturated carbocycles. The quantitative estimate of drug-likeness (QED) is 0.637. The van der Waals surface area contributed by atoms with Gasteiger partial charge < -0.3 is 14.9 Å². The highest BCUT2D eigenvalue weighted by atomic mass is 32.2. The predicted molar refractivity (Wildman–Crippen MR) is 105 cm³/mol. The molecule has 0 bridgehead atoms. The first-order valence-electron chi connectivity index (χ1n) is 8.62. The van der Waals surface area contributed by atoms with E-state index in [2.05, 4.69) is 9.97 Å². The van der Waals surface area contributed by atoms with E-state index in [4.69, 9.17) is 12.2 Å². The van der Waals surface area contributed by atoms with Crippen LogP contribution in [0.15, 0.2) is 47.4 Å². The van der Waals surface area contributed by atoms with Crippen LogP contribution >= 0.6 is 12.2 Å². The normalized spacial score (nSPS) is 15.8. The first kappa shape index (κ1) is 18.8. The Morgan fingerprint density at radius 3 is 2.39 bits per heavy atom. The maximum atomic E-state index is 13.9. The van der Waals surface area contributed by atoms with Crippen LogP contribution < -0.4 is 0 Å². The van der Waals surface area contributed by atoms with E-state index in [1.54, 1.807) is 30.3 Å². The van der Waals surface area contributed by atoms with Crippen molar-refractivity contribution < 1.29 is 17.6 Å². The molecule has 1 aliphatic heterocycles. The van der Waals surface area contributed by atoms with Crippen molar-refractivity contribution in [2.75, 3.05) is 26.2 Å². The van der Waals surface area contributed by atoms with Gasteiger partial charge in [0, 0.05) is 26.2 Å². The van der Waals surface area contributed by atoms with Crippen LogP contribution in [0.5, 0.6) is 0 Å². The van der Waals surface area contributed by atoms with Crippen molar-refractivity contribution in [2.24, 2.45) is 0 Å². The third-order valence-electron chi connectivity index (χ3n) is 4.73. The summed E-state index contributed by atoms with van der Waals surface area (Å²) in [4.78, 5) is 20.3. The molecule has 2 aromatic carbocycles. The lowest BCUT2D eigenvalue weighted by Gasteiger charge is -2.34. The molecule has 7 nitrogen and oxygen atoms in total. The van der Waals surface area contributed by atoms with E-state index in [1.807, 2.05) is 0 Å². The van der Waals surface area contributed by atoms with Gasteiger partial charge in [0.25, 0.3) is 5.91 Å². The number of hydrogen-bond acceptors (Lipinski definition) is 4. The number of nitrogens with one attached hydrogen (secondary N) is 2. The molecule has 1 fully saturated rings. The second-order valence-electron chi connectivity index (χ2n) is 6.46. The molecule has 3 aromatic rings. The summed E-state index contributed by atoms with van der Waals surface area (Å²) in [6, 6.07) is 10.6. The van der Waals surface area contributed by atoms with Gasteiger partial charge in [0.2, 0.25) is 10.0 Å². The topological polar surface area (TPSA) is 89.3 Å². The van der Waals surface area contributed by atoms with Crippen LogP contribution in [0.2, 0.25) is 0 Å². The third-order valence-corrected chi connectivity index (χ3v) is 6.84. The zero-order valence-corrected chi connectivity index (χ0v) is 16.3. The Morgan fingerprint density at radius 2 is 1.71 bits per heavy atom. The maximum absolute atomic E-state index is 13.9. The predicted octanol–water partition coefficient (Wildman–Crippen LogP) is 2.51. The molecule has 146 valence electrons. The van der Waals surface area contributed by atoms with Gasteiger partial charge in [-0.2, -0.15) is 4.31 Å². The van der Waals surface area contributed by atoms with E-state index < -0.39 is 15.8 Å². The Labute approximate surface area is 165 Å². The number of piperazine rings is 1. The molecule has 1 aliphatic rings. The Bertz CT molecular complexity index is 1200. The summed E-state index contributed by atoms with van der Waals surface area (Å²) < 4.78 is 41.0. The number of nitrogens with zero attached hydrogens (tertiary/aromatic N) is 2. The largest absolute Gasteiger partial charge is 0.336 e. The van der Waals surface area contributed by atoms with Gasteiger partial charge in [-0.1, -0.05) is 18.2 Å². The second kappa shape index (κ2) is 7.12. The lowest BCUT2D eigenvalue weighted by Crippen LogP contribution is -2.50. The fourth-order valence-corrected chi connectivity index (χ4v) is 4.97. The SMILES string of the molecule is O=C(c1cc(F)cc2[nH]c(=S)[nH]c12)N1CCN(S(=O)(=O)c2ccccc2)CC1. The number of amides is 1. The summed E-state index contributed by atoms with van der Waals surface area (Å²) in [6.07, 6.45) is 0. The summed E-state index contributed by atoms with van der Waals surface area (Å²) in [5, 5.41) is 0. The number of fused-ring (bicyclic) bond motifs is 1. The summed E-state index contributed by atoms with van der Waals surface area (Å²) >= 11 is 5.03. The number of carbonyl (C=O) groups excluding carboxylic acids is 1. The number of rotatable bonds is 3. The van der Waals surface area contributed by atoms with E-state index >= 15 is 0 Å². The second-order valence-corrected chi connectivity index (χ2v) is 8.81. The average molecular weight is 420 g/mol. The van der Waals surface area contributed by atoms with Crippen LogP contribution in [0.25, 0.3) is 11.0 Å². The number of imidazole rings is 1. The Kier molecular flexibility index (Phi) is 4.77. The number of H-pyrrole nitrogens is 2. The van der Waals surface area contributed by atoms with Gasteiger partial charge in [0.15, 0.2) is 4.77 Å². The number of halogens is 1. The standard InChI is InChI=1S/C18H17FN4O3S2/c19-12-10-14(16-15(11-12)20-18(27)21-16)17(24)22-6-8-23(9-7-22)28(25,26)13-4-2-1-3-5-13/h1-5,10-11H,6-9H2,(H2,20,21,27). The molecule has 2 heterocycles. The summed E-state index contributed by atoms with van der Waals surface area (Å²) in [5.41, 5.74) is 1.02. The lowest BCUT2D eigenvalue weighted by molar-refractivity contribution is 0.0699. The molecule has 4 rings (SSSR count). The molecular weight excluding hydrogens is 403 g/mol. The molecule has 0 spiro atoms. The van der Waals surface area contributed by atoms with E-state index in [1.165, 1.54) is 15.3 Å². The molecule has 0 radical (unpaired) electrons. The van der Waals surface area contributed by atoms with Crippen molar-refractivity contribution in [1.82, 2.24) is 19.2 Å². The monoisotopic (exact) mass is 420 g/mol. The lowest BCUT2D eigenvalue weighted by atomic mass is 10.1. The minimum atomic E-state index is -3.60. The number of benzene rings is 2. The van der Waals surface area contributed by atoms with Gasteiger partial charge >= 0.3 is 0 Å². The number of sulfonamides is 1. The van der Waals surface area contributed by atoms with Crippen LogP contribution in [0.1, 0.15) is 10.4 Å². The van der Waals surface area contributed by atoms with E-state index in [0.29, 0.717) is 15.8 Å². The van der Waals surface area contributed by atoms with Crippen molar-refractivity contribution in [3.05, 3.63) is 58.6 Å². The minimum Gasteiger partial charge on any atom is -0.336 e. The molecule has 0 atom stereocenters. The molecule has 28 heavy (non-hydrogen) atoms. The van der Waals surface area contributed by atoms with Crippen molar-refractivity contribution in [1.29, 1.82) is 0 Å². The van der Waals surface area contributed by atoms with Gasteiger partial charge in [-0.25, -0.2) is 12.8 Å². The molecule has 2 N–H and O–H groups in total. The first-order valence-corrected chi connectivity index (χ1v) is 10.5. The van der Waals surface area contributed by atoms with Gasteiger partial charge in [-0.05, 0) is 36.5 Å². The highest BCUT2D eigenvalue weighted by Crippen LogP contribution is 2.22. The molecule has 1 amide bonds. The molecular formula is C18H17FN4O3S2. The van der Waals surface area contributed by atoms with Gasteiger partial charge in [0.05, 0.1) is 21.5 Å². The summed E-state index contributed by atoms with van der Waals surface area (Å²) in [5.74, 6) is -0.919. The van der Waals surface area contributed by atoms with Crippen LogP contribution in [0.3, 0.4) is 0 Å². The fraction of sp³-hybridized carbons (Fsp3) is 0.222. The van der Waals surface area contributed by atoms with Crippen molar-refractivity contribution in [3.8, 4) is 0 Å². The first-order chi connectivity index (χ1) is 13.4. The van der Waals surface area contributed by atoms with Gasteiger partial charge in [-0.15, -0.1) is 0 Å². The Balaban J connectivity index is 1.55.